The summed E-state index contributed by atoms with van der Waals surface area (Å²) in [7, 11) is -3.65. The van der Waals surface area contributed by atoms with E-state index in [4.69, 9.17) is 16.3 Å². The Balaban J connectivity index is 2.23. The van der Waals surface area contributed by atoms with Gasteiger partial charge in [-0.1, -0.05) is 11.6 Å². The number of carbonyl (C=O) groups is 1. The van der Waals surface area contributed by atoms with Crippen molar-refractivity contribution in [3.8, 4) is 0 Å². The van der Waals surface area contributed by atoms with E-state index in [2.05, 4.69) is 5.32 Å². The Labute approximate surface area is 140 Å². The molecule has 0 atom stereocenters. The van der Waals surface area contributed by atoms with Crippen molar-refractivity contribution < 1.29 is 23.1 Å². The number of hydrogen-bond donors (Lipinski definition) is 2. The minimum atomic E-state index is -3.65. The SMILES string of the molecule is CC(C)(O)C(=O)Nc1ccc(S(=O)(=O)N2CCOCC2)cc1Cl. The summed E-state index contributed by atoms with van der Waals surface area (Å²) in [6.45, 7) is 3.97. The minimum Gasteiger partial charge on any atom is -0.381 e. The largest absolute Gasteiger partial charge is 0.381 e. The Morgan fingerprint density at radius 2 is 1.96 bits per heavy atom. The number of nitrogens with one attached hydrogen (secondary N) is 1. The molecule has 9 heteroatoms. The van der Waals surface area contributed by atoms with Gasteiger partial charge in [-0.2, -0.15) is 4.31 Å². The molecule has 2 rings (SSSR count). The van der Waals surface area contributed by atoms with Crippen molar-refractivity contribution in [2.75, 3.05) is 31.6 Å². The fraction of sp³-hybridized carbons (Fsp3) is 0.500. The molecule has 128 valence electrons. The molecule has 0 aliphatic carbocycles. The zero-order chi connectivity index (χ0) is 17.3. The third-order valence-corrected chi connectivity index (χ3v) is 5.56. The number of sulfonamides is 1. The molecule has 1 aliphatic rings. The molecule has 7 nitrogen and oxygen atoms in total. The van der Waals surface area contributed by atoms with E-state index < -0.39 is 21.5 Å². The Hall–Kier alpha value is -1.19. The van der Waals surface area contributed by atoms with Crippen LogP contribution in [0.3, 0.4) is 0 Å². The third-order valence-electron chi connectivity index (χ3n) is 3.35. The maximum Gasteiger partial charge on any atom is 0.255 e. The lowest BCUT2D eigenvalue weighted by Crippen LogP contribution is -2.40. The van der Waals surface area contributed by atoms with Gasteiger partial charge in [-0.3, -0.25) is 4.79 Å². The molecule has 0 spiro atoms. The summed E-state index contributed by atoms with van der Waals surface area (Å²) in [5.74, 6) is -0.636. The molecule has 2 N–H and O–H groups in total. The topological polar surface area (TPSA) is 95.9 Å². The second-order valence-corrected chi connectivity index (χ2v) is 8.02. The number of halogens is 1. The molecule has 1 aliphatic heterocycles. The van der Waals surface area contributed by atoms with Gasteiger partial charge in [0.05, 0.1) is 28.8 Å². The number of ether oxygens (including phenoxy) is 1. The average molecular weight is 363 g/mol. The molecular formula is C14H19ClN2O5S. The number of benzene rings is 1. The molecule has 0 aromatic heterocycles. The summed E-state index contributed by atoms with van der Waals surface area (Å²) in [6.07, 6.45) is 0. The van der Waals surface area contributed by atoms with Gasteiger partial charge in [0, 0.05) is 13.1 Å². The van der Waals surface area contributed by atoms with Gasteiger partial charge in [0.1, 0.15) is 5.60 Å². The lowest BCUT2D eigenvalue weighted by Gasteiger charge is -2.26. The van der Waals surface area contributed by atoms with Crippen LogP contribution in [0.1, 0.15) is 13.8 Å². The summed E-state index contributed by atoms with van der Waals surface area (Å²) in [5.41, 5.74) is -1.33. The van der Waals surface area contributed by atoms with Gasteiger partial charge in [0.25, 0.3) is 5.91 Å². The highest BCUT2D eigenvalue weighted by Crippen LogP contribution is 2.27. The molecule has 1 saturated heterocycles. The summed E-state index contributed by atoms with van der Waals surface area (Å²) in [4.78, 5) is 11.8. The highest BCUT2D eigenvalue weighted by molar-refractivity contribution is 7.89. The molecular weight excluding hydrogens is 344 g/mol. The molecule has 0 unspecified atom stereocenters. The number of nitrogens with zero attached hydrogens (tertiary/aromatic N) is 1. The van der Waals surface area contributed by atoms with Crippen molar-refractivity contribution in [2.24, 2.45) is 0 Å². The van der Waals surface area contributed by atoms with E-state index in [1.54, 1.807) is 0 Å². The maximum absolute atomic E-state index is 12.5. The lowest BCUT2D eigenvalue weighted by molar-refractivity contribution is -0.130. The molecule has 1 aromatic carbocycles. The van der Waals surface area contributed by atoms with Gasteiger partial charge in [-0.25, -0.2) is 8.42 Å². The van der Waals surface area contributed by atoms with Gasteiger partial charge in [-0.05, 0) is 32.0 Å². The van der Waals surface area contributed by atoms with Crippen molar-refractivity contribution in [3.63, 3.8) is 0 Å². The van der Waals surface area contributed by atoms with Crippen LogP contribution in [0.4, 0.5) is 5.69 Å². The van der Waals surface area contributed by atoms with Crippen LogP contribution in [0, 0.1) is 0 Å². The highest BCUT2D eigenvalue weighted by Gasteiger charge is 2.28. The predicted octanol–water partition coefficient (Wildman–Crippen LogP) is 1.07. The number of aliphatic hydroxyl groups is 1. The molecule has 0 radical (unpaired) electrons. The fourth-order valence-electron chi connectivity index (χ4n) is 1.97. The molecule has 1 heterocycles. The van der Waals surface area contributed by atoms with Crippen LogP contribution in [0.25, 0.3) is 0 Å². The molecule has 1 fully saturated rings. The first kappa shape index (κ1) is 18.2. The second-order valence-electron chi connectivity index (χ2n) is 5.67. The maximum atomic E-state index is 12.5. The van der Waals surface area contributed by atoms with Crippen molar-refractivity contribution >= 4 is 33.2 Å². The molecule has 1 amide bonds. The Kier molecular flexibility index (Phi) is 5.32. The van der Waals surface area contributed by atoms with Gasteiger partial charge in [0.2, 0.25) is 10.0 Å². The first-order valence-electron chi connectivity index (χ1n) is 7.03. The van der Waals surface area contributed by atoms with Gasteiger partial charge >= 0.3 is 0 Å². The number of amides is 1. The zero-order valence-corrected chi connectivity index (χ0v) is 14.4. The lowest BCUT2D eigenvalue weighted by atomic mass is 10.1. The molecule has 0 saturated carbocycles. The van der Waals surface area contributed by atoms with Crippen LogP contribution in [-0.2, 0) is 19.6 Å². The van der Waals surface area contributed by atoms with E-state index in [0.717, 1.165) is 0 Å². The number of anilines is 1. The van der Waals surface area contributed by atoms with Gasteiger partial charge in [0.15, 0.2) is 0 Å². The Morgan fingerprint density at radius 1 is 1.35 bits per heavy atom. The number of carbonyl (C=O) groups excluding carboxylic acids is 1. The first-order chi connectivity index (χ1) is 10.6. The van der Waals surface area contributed by atoms with Crippen molar-refractivity contribution in [3.05, 3.63) is 23.2 Å². The molecule has 23 heavy (non-hydrogen) atoms. The van der Waals surface area contributed by atoms with E-state index in [-0.39, 0.29) is 28.7 Å². The minimum absolute atomic E-state index is 0.0469. The van der Waals surface area contributed by atoms with Crippen molar-refractivity contribution in [1.82, 2.24) is 4.31 Å². The van der Waals surface area contributed by atoms with Crippen LogP contribution in [0.15, 0.2) is 23.1 Å². The van der Waals surface area contributed by atoms with Crippen LogP contribution in [0.5, 0.6) is 0 Å². The van der Waals surface area contributed by atoms with Crippen molar-refractivity contribution in [2.45, 2.75) is 24.3 Å². The zero-order valence-electron chi connectivity index (χ0n) is 12.9. The fourth-order valence-corrected chi connectivity index (χ4v) is 3.70. The number of morpholine rings is 1. The van der Waals surface area contributed by atoms with E-state index in [0.29, 0.717) is 13.2 Å². The van der Waals surface area contributed by atoms with Crippen LogP contribution in [-0.4, -0.2) is 55.6 Å². The highest BCUT2D eigenvalue weighted by atomic mass is 35.5. The summed E-state index contributed by atoms with van der Waals surface area (Å²) < 4.78 is 31.5. The van der Waals surface area contributed by atoms with E-state index in [9.17, 15) is 18.3 Å². The Bertz CT molecular complexity index is 694. The average Bonchev–Trinajstić information content (AvgIpc) is 2.49. The van der Waals surface area contributed by atoms with Gasteiger partial charge < -0.3 is 15.2 Å². The summed E-state index contributed by atoms with van der Waals surface area (Å²) >= 11 is 6.06. The predicted molar refractivity (Wildman–Crippen MR) is 86.0 cm³/mol. The van der Waals surface area contributed by atoms with Crippen LogP contribution >= 0.6 is 11.6 Å². The standard InChI is InChI=1S/C14H19ClN2O5S/c1-14(2,19)13(18)16-12-4-3-10(9-11(12)15)23(20,21)17-5-7-22-8-6-17/h3-4,9,19H,5-8H2,1-2H3,(H,16,18). The quantitative estimate of drug-likeness (QED) is 0.835. The summed E-state index contributed by atoms with van der Waals surface area (Å²) in [5, 5.41) is 12.2. The first-order valence-corrected chi connectivity index (χ1v) is 8.85. The summed E-state index contributed by atoms with van der Waals surface area (Å²) in [6, 6.07) is 4.06. The third kappa shape index (κ3) is 4.21. The molecule has 0 bridgehead atoms. The monoisotopic (exact) mass is 362 g/mol. The smallest absolute Gasteiger partial charge is 0.255 e. The second kappa shape index (κ2) is 6.74. The van der Waals surface area contributed by atoms with Crippen molar-refractivity contribution in [1.29, 1.82) is 0 Å². The number of hydrogen-bond acceptors (Lipinski definition) is 5. The van der Waals surface area contributed by atoms with Crippen LogP contribution < -0.4 is 5.32 Å². The van der Waals surface area contributed by atoms with Gasteiger partial charge in [-0.15, -0.1) is 0 Å². The number of rotatable bonds is 4. The van der Waals surface area contributed by atoms with E-state index >= 15 is 0 Å². The molecule has 1 aromatic rings. The van der Waals surface area contributed by atoms with E-state index in [1.165, 1.54) is 36.4 Å². The van der Waals surface area contributed by atoms with E-state index in [1.807, 2.05) is 0 Å². The normalized spacial score (nSPS) is 17.0. The van der Waals surface area contributed by atoms with Crippen LogP contribution in [0.2, 0.25) is 5.02 Å². The Morgan fingerprint density at radius 3 is 2.48 bits per heavy atom.